The van der Waals surface area contributed by atoms with E-state index in [4.69, 9.17) is 5.26 Å². The van der Waals surface area contributed by atoms with Crippen molar-refractivity contribution >= 4 is 33.1 Å². The Kier molecular flexibility index (Phi) is 5.08. The van der Waals surface area contributed by atoms with Crippen LogP contribution < -0.4 is 5.32 Å². The van der Waals surface area contributed by atoms with Gasteiger partial charge in [-0.15, -0.1) is 11.3 Å². The number of aromatic nitrogens is 1. The lowest BCUT2D eigenvalue weighted by Crippen LogP contribution is -2.32. The largest absolute Gasteiger partial charge is 0.324 e. The van der Waals surface area contributed by atoms with E-state index in [1.54, 1.807) is 35.6 Å². The zero-order valence-electron chi connectivity index (χ0n) is 14.1. The maximum Gasteiger partial charge on any atom is 0.238 e. The highest BCUT2D eigenvalue weighted by atomic mass is 32.1. The molecule has 0 saturated carbocycles. The maximum atomic E-state index is 12.3. The molecule has 3 rings (SSSR count). The second-order valence-electron chi connectivity index (χ2n) is 5.82. The van der Waals surface area contributed by atoms with Crippen molar-refractivity contribution in [1.82, 2.24) is 9.88 Å². The topological polar surface area (TPSA) is 69.0 Å². The first kappa shape index (κ1) is 17.1. The second kappa shape index (κ2) is 7.43. The van der Waals surface area contributed by atoms with Gasteiger partial charge in [0.1, 0.15) is 11.1 Å². The quantitative estimate of drug-likeness (QED) is 0.760. The molecule has 1 amide bonds. The van der Waals surface area contributed by atoms with Crippen LogP contribution in [0.5, 0.6) is 0 Å². The standard InChI is InChI=1S/C19H18N4OS/c1-13(19-22-16-9-5-6-10-17(16)25-19)23(2)12-18(24)21-15-8-4-3-7-14(15)11-20/h3-10,13H,12H2,1-2H3,(H,21,24)/t13-/m1/s1. The van der Waals surface area contributed by atoms with Gasteiger partial charge in [-0.1, -0.05) is 24.3 Å². The van der Waals surface area contributed by atoms with Crippen molar-refractivity contribution in [2.45, 2.75) is 13.0 Å². The van der Waals surface area contributed by atoms with Gasteiger partial charge >= 0.3 is 0 Å². The van der Waals surface area contributed by atoms with E-state index in [9.17, 15) is 4.79 Å². The number of carbonyl (C=O) groups is 1. The lowest BCUT2D eigenvalue weighted by molar-refractivity contribution is -0.117. The molecule has 126 valence electrons. The summed E-state index contributed by atoms with van der Waals surface area (Å²) in [5.74, 6) is -0.154. The van der Waals surface area contributed by atoms with Crippen LogP contribution in [-0.2, 0) is 4.79 Å². The Morgan fingerprint density at radius 1 is 1.28 bits per heavy atom. The van der Waals surface area contributed by atoms with E-state index < -0.39 is 0 Å². The number of rotatable bonds is 5. The average molecular weight is 350 g/mol. The van der Waals surface area contributed by atoms with Crippen LogP contribution in [0.2, 0.25) is 0 Å². The molecule has 5 nitrogen and oxygen atoms in total. The number of benzene rings is 2. The molecule has 1 atom stereocenters. The van der Waals surface area contributed by atoms with Gasteiger partial charge in [-0.2, -0.15) is 5.26 Å². The number of fused-ring (bicyclic) bond motifs is 1. The molecule has 0 spiro atoms. The van der Waals surface area contributed by atoms with Crippen LogP contribution in [0.1, 0.15) is 23.5 Å². The molecule has 1 heterocycles. The van der Waals surface area contributed by atoms with Crippen molar-refractivity contribution < 1.29 is 4.79 Å². The van der Waals surface area contributed by atoms with E-state index >= 15 is 0 Å². The van der Waals surface area contributed by atoms with Gasteiger partial charge in [-0.3, -0.25) is 9.69 Å². The van der Waals surface area contributed by atoms with Crippen LogP contribution in [-0.4, -0.2) is 29.4 Å². The molecule has 0 saturated heterocycles. The lowest BCUT2D eigenvalue weighted by Gasteiger charge is -2.22. The number of thiazole rings is 1. The number of nitriles is 1. The molecule has 25 heavy (non-hydrogen) atoms. The SMILES string of the molecule is C[C@H](c1nc2ccccc2s1)N(C)CC(=O)Nc1ccccc1C#N. The smallest absolute Gasteiger partial charge is 0.238 e. The van der Waals surface area contributed by atoms with Gasteiger partial charge in [-0.05, 0) is 38.2 Å². The fraction of sp³-hybridized carbons (Fsp3) is 0.211. The van der Waals surface area contributed by atoms with E-state index in [2.05, 4.69) is 22.4 Å². The molecular formula is C19H18N4OS. The highest BCUT2D eigenvalue weighted by Gasteiger charge is 2.19. The van der Waals surface area contributed by atoms with E-state index in [0.29, 0.717) is 11.3 Å². The third kappa shape index (κ3) is 3.85. The van der Waals surface area contributed by atoms with Crippen LogP contribution in [0.15, 0.2) is 48.5 Å². The van der Waals surface area contributed by atoms with Crippen molar-refractivity contribution in [3.8, 4) is 6.07 Å². The van der Waals surface area contributed by atoms with Gasteiger partial charge in [0.05, 0.1) is 34.1 Å². The van der Waals surface area contributed by atoms with Gasteiger partial charge in [0.25, 0.3) is 0 Å². The lowest BCUT2D eigenvalue weighted by atomic mass is 10.2. The van der Waals surface area contributed by atoms with Crippen molar-refractivity contribution in [2.24, 2.45) is 0 Å². The number of nitrogens with zero attached hydrogens (tertiary/aromatic N) is 3. The first-order valence-corrected chi connectivity index (χ1v) is 8.75. The first-order chi connectivity index (χ1) is 12.1. The van der Waals surface area contributed by atoms with E-state index in [-0.39, 0.29) is 18.5 Å². The number of anilines is 1. The number of likely N-dealkylation sites (N-methyl/N-ethyl adjacent to an activating group) is 1. The molecule has 6 heteroatoms. The number of para-hydroxylation sites is 2. The van der Waals surface area contributed by atoms with Gasteiger partial charge in [0, 0.05) is 0 Å². The zero-order chi connectivity index (χ0) is 17.8. The Labute approximate surface area is 150 Å². The molecule has 0 bridgehead atoms. The molecule has 3 aromatic rings. The summed E-state index contributed by atoms with van der Waals surface area (Å²) >= 11 is 1.64. The van der Waals surface area contributed by atoms with Crippen molar-refractivity contribution in [3.63, 3.8) is 0 Å². The Morgan fingerprint density at radius 2 is 2.00 bits per heavy atom. The number of nitrogens with one attached hydrogen (secondary N) is 1. The van der Waals surface area contributed by atoms with Crippen molar-refractivity contribution in [3.05, 3.63) is 59.1 Å². The Hall–Kier alpha value is -2.75. The van der Waals surface area contributed by atoms with Crippen LogP contribution in [0.25, 0.3) is 10.2 Å². The summed E-state index contributed by atoms with van der Waals surface area (Å²) in [6.07, 6.45) is 0. The maximum absolute atomic E-state index is 12.3. The summed E-state index contributed by atoms with van der Waals surface area (Å²) in [6, 6.07) is 17.1. The molecule has 0 aliphatic carbocycles. The van der Waals surface area contributed by atoms with E-state index in [1.807, 2.05) is 37.1 Å². The molecule has 1 aromatic heterocycles. The fourth-order valence-electron chi connectivity index (χ4n) is 2.50. The number of hydrogen-bond donors (Lipinski definition) is 1. The molecule has 0 unspecified atom stereocenters. The van der Waals surface area contributed by atoms with Gasteiger partial charge in [0.15, 0.2) is 0 Å². The Balaban J connectivity index is 1.67. The minimum absolute atomic E-state index is 0.0226. The predicted octanol–water partition coefficient (Wildman–Crippen LogP) is 3.80. The van der Waals surface area contributed by atoms with E-state index in [1.165, 1.54) is 0 Å². The molecule has 1 N–H and O–H groups in total. The van der Waals surface area contributed by atoms with Crippen LogP contribution in [0.4, 0.5) is 5.69 Å². The average Bonchev–Trinajstić information content (AvgIpc) is 3.05. The summed E-state index contributed by atoms with van der Waals surface area (Å²) in [7, 11) is 1.90. The predicted molar refractivity (Wildman–Crippen MR) is 100 cm³/mol. The van der Waals surface area contributed by atoms with Crippen LogP contribution >= 0.6 is 11.3 Å². The van der Waals surface area contributed by atoms with Crippen LogP contribution in [0, 0.1) is 11.3 Å². The minimum Gasteiger partial charge on any atom is -0.324 e. The summed E-state index contributed by atoms with van der Waals surface area (Å²) in [5.41, 5.74) is 1.98. The highest BCUT2D eigenvalue weighted by Crippen LogP contribution is 2.28. The first-order valence-electron chi connectivity index (χ1n) is 7.93. The van der Waals surface area contributed by atoms with Gasteiger partial charge in [-0.25, -0.2) is 4.98 Å². The fourth-order valence-corrected chi connectivity index (χ4v) is 3.58. The number of hydrogen-bond acceptors (Lipinski definition) is 5. The Morgan fingerprint density at radius 3 is 2.76 bits per heavy atom. The molecule has 2 aromatic carbocycles. The van der Waals surface area contributed by atoms with Crippen molar-refractivity contribution in [1.29, 1.82) is 5.26 Å². The highest BCUT2D eigenvalue weighted by molar-refractivity contribution is 7.18. The third-order valence-electron chi connectivity index (χ3n) is 4.04. The Bertz CT molecular complexity index is 911. The summed E-state index contributed by atoms with van der Waals surface area (Å²) in [5, 5.41) is 12.9. The number of carbonyl (C=O) groups excluding carboxylic acids is 1. The summed E-state index contributed by atoms with van der Waals surface area (Å²) < 4.78 is 1.14. The second-order valence-corrected chi connectivity index (χ2v) is 6.88. The normalized spacial score (nSPS) is 12.1. The van der Waals surface area contributed by atoms with Crippen molar-refractivity contribution in [2.75, 3.05) is 18.9 Å². The minimum atomic E-state index is -0.154. The van der Waals surface area contributed by atoms with Crippen LogP contribution in [0.3, 0.4) is 0 Å². The molecule has 0 aliphatic heterocycles. The number of amides is 1. The molecule has 0 fully saturated rings. The monoisotopic (exact) mass is 350 g/mol. The molecule has 0 aliphatic rings. The van der Waals surface area contributed by atoms with Gasteiger partial charge < -0.3 is 5.32 Å². The summed E-state index contributed by atoms with van der Waals surface area (Å²) in [4.78, 5) is 18.9. The molecular weight excluding hydrogens is 332 g/mol. The summed E-state index contributed by atoms with van der Waals surface area (Å²) in [6.45, 7) is 2.26. The van der Waals surface area contributed by atoms with Gasteiger partial charge in [0.2, 0.25) is 5.91 Å². The van der Waals surface area contributed by atoms with E-state index in [0.717, 1.165) is 15.2 Å². The zero-order valence-corrected chi connectivity index (χ0v) is 14.9. The third-order valence-corrected chi connectivity index (χ3v) is 5.25. The molecule has 0 radical (unpaired) electrons.